The molecule has 0 spiro atoms. The number of ether oxygens (including phenoxy) is 2. The fourth-order valence-electron chi connectivity index (χ4n) is 2.91. The highest BCUT2D eigenvalue weighted by Gasteiger charge is 2.37. The van der Waals surface area contributed by atoms with Crippen molar-refractivity contribution in [2.75, 3.05) is 14.2 Å². The molecule has 3 aromatic rings. The number of esters is 2. The molecule has 7 nitrogen and oxygen atoms in total. The van der Waals surface area contributed by atoms with Crippen LogP contribution in [-0.4, -0.2) is 41.0 Å². The Balaban J connectivity index is 2.43. The molecule has 162 valence electrons. The van der Waals surface area contributed by atoms with Gasteiger partial charge in [0, 0.05) is 11.6 Å². The van der Waals surface area contributed by atoms with E-state index in [9.17, 15) is 32.3 Å². The van der Waals surface area contributed by atoms with E-state index in [-0.39, 0.29) is 11.8 Å². The van der Waals surface area contributed by atoms with Gasteiger partial charge in [-0.05, 0) is 18.2 Å². The lowest BCUT2D eigenvalue weighted by Gasteiger charge is -2.11. The molecule has 1 aromatic heterocycles. The average Bonchev–Trinajstić information content (AvgIpc) is 3.12. The molecule has 0 aliphatic carbocycles. The van der Waals surface area contributed by atoms with Crippen LogP contribution in [-0.2, 0) is 15.7 Å². The molecule has 1 heterocycles. The molecule has 2 aromatic carbocycles. The zero-order valence-electron chi connectivity index (χ0n) is 16.0. The molecule has 0 fully saturated rings. The molecule has 0 radical (unpaired) electrons. The van der Waals surface area contributed by atoms with Crippen LogP contribution in [0.4, 0.5) is 17.6 Å². The Morgan fingerprint density at radius 3 is 2.19 bits per heavy atom. The number of carbonyl (C=O) groups excluding carboxylic acids is 2. The summed E-state index contributed by atoms with van der Waals surface area (Å²) in [5.74, 6) is -4.82. The van der Waals surface area contributed by atoms with E-state index in [0.717, 1.165) is 18.9 Å². The van der Waals surface area contributed by atoms with Gasteiger partial charge < -0.3 is 14.6 Å². The summed E-state index contributed by atoms with van der Waals surface area (Å²) in [5, 5.41) is 14.2. The maximum Gasteiger partial charge on any atom is 0.419 e. The molecule has 0 aliphatic heterocycles. The molecule has 11 heteroatoms. The quantitative estimate of drug-likeness (QED) is 0.490. The van der Waals surface area contributed by atoms with Crippen LogP contribution in [0.1, 0.15) is 26.4 Å². The van der Waals surface area contributed by atoms with Crippen LogP contribution < -0.4 is 0 Å². The van der Waals surface area contributed by atoms with Gasteiger partial charge in [-0.15, -0.1) is 0 Å². The first-order valence-electron chi connectivity index (χ1n) is 8.55. The highest BCUT2D eigenvalue weighted by molar-refractivity contribution is 6.07. The molecule has 0 bridgehead atoms. The van der Waals surface area contributed by atoms with Crippen LogP contribution in [0, 0.1) is 5.82 Å². The number of halogens is 4. The van der Waals surface area contributed by atoms with Crippen LogP contribution in [0.3, 0.4) is 0 Å². The van der Waals surface area contributed by atoms with E-state index in [1.54, 1.807) is 18.2 Å². The summed E-state index contributed by atoms with van der Waals surface area (Å²) in [5.41, 5.74) is -3.60. The fourth-order valence-corrected chi connectivity index (χ4v) is 2.91. The second kappa shape index (κ2) is 8.09. The number of aromatic hydroxyl groups is 1. The number of benzene rings is 2. The number of nitrogens with zero attached hydrogens (tertiary/aromatic N) is 2. The van der Waals surface area contributed by atoms with Crippen molar-refractivity contribution in [2.45, 2.75) is 6.18 Å². The predicted molar refractivity (Wildman–Crippen MR) is 98.3 cm³/mol. The minimum absolute atomic E-state index is 0.249. The second-order valence-corrected chi connectivity index (χ2v) is 6.15. The molecule has 31 heavy (non-hydrogen) atoms. The van der Waals surface area contributed by atoms with E-state index in [0.29, 0.717) is 6.07 Å². The number of phenolic OH excluding ortho intramolecular Hbond substituents is 1. The van der Waals surface area contributed by atoms with E-state index >= 15 is 0 Å². The summed E-state index contributed by atoms with van der Waals surface area (Å²) in [6, 6.07) is 8.41. The zero-order valence-corrected chi connectivity index (χ0v) is 16.0. The molecule has 3 rings (SSSR count). The molecule has 1 N–H and O–H groups in total. The van der Waals surface area contributed by atoms with Gasteiger partial charge in [-0.25, -0.2) is 18.7 Å². The fraction of sp³-hybridized carbons (Fsp3) is 0.150. The lowest BCUT2D eigenvalue weighted by atomic mass is 10.0. The predicted octanol–water partition coefficient (Wildman–Crippen LogP) is 3.98. The van der Waals surface area contributed by atoms with E-state index in [2.05, 4.69) is 9.84 Å². The van der Waals surface area contributed by atoms with Gasteiger partial charge in [-0.3, -0.25) is 0 Å². The molecule has 0 unspecified atom stereocenters. The third-order valence-corrected chi connectivity index (χ3v) is 4.30. The summed E-state index contributed by atoms with van der Waals surface area (Å²) in [4.78, 5) is 25.0. The standard InChI is InChI=1S/C20H14F4N2O5/c1-30-18(28)15-16(11-8-12(20(22,23)24)13(21)9-14(11)27)25-26(17(15)19(29)31-2)10-6-4-3-5-7-10/h3-9,27H,1-2H3. The summed E-state index contributed by atoms with van der Waals surface area (Å²) >= 11 is 0. The van der Waals surface area contributed by atoms with Gasteiger partial charge in [0.15, 0.2) is 5.69 Å². The van der Waals surface area contributed by atoms with Crippen LogP contribution in [0.15, 0.2) is 42.5 Å². The Labute approximate surface area is 172 Å². The molecular formula is C20H14F4N2O5. The van der Waals surface area contributed by atoms with E-state index in [1.807, 2.05) is 0 Å². The Morgan fingerprint density at radius 2 is 1.65 bits per heavy atom. The van der Waals surface area contributed by atoms with E-state index < -0.39 is 57.8 Å². The number of hydrogen-bond donors (Lipinski definition) is 1. The maximum atomic E-state index is 13.8. The number of para-hydroxylation sites is 1. The lowest BCUT2D eigenvalue weighted by Crippen LogP contribution is -2.15. The Bertz CT molecular complexity index is 1160. The number of carbonyl (C=O) groups is 2. The smallest absolute Gasteiger partial charge is 0.419 e. The van der Waals surface area contributed by atoms with Crippen molar-refractivity contribution in [3.8, 4) is 22.7 Å². The van der Waals surface area contributed by atoms with Crippen LogP contribution in [0.5, 0.6) is 5.75 Å². The van der Waals surface area contributed by atoms with Crippen LogP contribution in [0.2, 0.25) is 0 Å². The third-order valence-electron chi connectivity index (χ3n) is 4.30. The van der Waals surface area contributed by atoms with E-state index in [1.165, 1.54) is 12.1 Å². The number of alkyl halides is 3. The van der Waals surface area contributed by atoms with Gasteiger partial charge in [0.05, 0.1) is 25.5 Å². The highest BCUT2D eigenvalue weighted by Crippen LogP contribution is 2.40. The lowest BCUT2D eigenvalue weighted by molar-refractivity contribution is -0.139. The minimum atomic E-state index is -5.09. The topological polar surface area (TPSA) is 90.6 Å². The monoisotopic (exact) mass is 438 g/mol. The molecule has 0 amide bonds. The van der Waals surface area contributed by atoms with E-state index in [4.69, 9.17) is 4.74 Å². The summed E-state index contributed by atoms with van der Waals surface area (Å²) in [6.07, 6.45) is -5.09. The van der Waals surface area contributed by atoms with Gasteiger partial charge in [0.2, 0.25) is 0 Å². The van der Waals surface area contributed by atoms with Crippen molar-refractivity contribution in [3.63, 3.8) is 0 Å². The Hall–Kier alpha value is -3.89. The number of phenols is 1. The zero-order chi connectivity index (χ0) is 22.9. The first-order valence-corrected chi connectivity index (χ1v) is 8.55. The van der Waals surface area contributed by atoms with Crippen molar-refractivity contribution in [2.24, 2.45) is 0 Å². The van der Waals surface area contributed by atoms with Gasteiger partial charge in [0.1, 0.15) is 22.8 Å². The number of methoxy groups -OCH3 is 2. The SMILES string of the molecule is COC(=O)c1c(-c2cc(C(F)(F)F)c(F)cc2O)nn(-c2ccccc2)c1C(=O)OC. The highest BCUT2D eigenvalue weighted by atomic mass is 19.4. The Kier molecular flexibility index (Phi) is 5.69. The summed E-state index contributed by atoms with van der Waals surface area (Å²) in [6.45, 7) is 0. The van der Waals surface area contributed by atoms with Crippen molar-refractivity contribution in [3.05, 3.63) is 65.1 Å². The second-order valence-electron chi connectivity index (χ2n) is 6.15. The van der Waals surface area contributed by atoms with Crippen molar-refractivity contribution in [1.82, 2.24) is 9.78 Å². The van der Waals surface area contributed by atoms with Gasteiger partial charge in [-0.1, -0.05) is 18.2 Å². The van der Waals surface area contributed by atoms with Crippen LogP contribution >= 0.6 is 0 Å². The largest absolute Gasteiger partial charge is 0.507 e. The number of hydrogen-bond acceptors (Lipinski definition) is 6. The normalized spacial score (nSPS) is 11.3. The van der Waals surface area contributed by atoms with Gasteiger partial charge in [0.25, 0.3) is 0 Å². The summed E-state index contributed by atoms with van der Waals surface area (Å²) < 4.78 is 63.8. The van der Waals surface area contributed by atoms with Gasteiger partial charge in [-0.2, -0.15) is 18.3 Å². The molecule has 0 atom stereocenters. The molecule has 0 saturated heterocycles. The molecular weight excluding hydrogens is 424 g/mol. The minimum Gasteiger partial charge on any atom is -0.507 e. The van der Waals surface area contributed by atoms with Crippen molar-refractivity contribution < 1.29 is 41.7 Å². The molecule has 0 aliphatic rings. The maximum absolute atomic E-state index is 13.8. The first kappa shape index (κ1) is 21.8. The summed E-state index contributed by atoms with van der Waals surface area (Å²) in [7, 11) is 2.02. The number of rotatable bonds is 4. The van der Waals surface area contributed by atoms with Crippen LogP contribution in [0.25, 0.3) is 16.9 Å². The number of aromatic nitrogens is 2. The molecule has 0 saturated carbocycles. The Morgan fingerprint density at radius 1 is 1.03 bits per heavy atom. The van der Waals surface area contributed by atoms with Crippen molar-refractivity contribution in [1.29, 1.82) is 0 Å². The third kappa shape index (κ3) is 3.93. The van der Waals surface area contributed by atoms with Gasteiger partial charge >= 0.3 is 18.1 Å². The van der Waals surface area contributed by atoms with Crippen molar-refractivity contribution >= 4 is 11.9 Å². The first-order chi connectivity index (χ1) is 14.6. The average molecular weight is 438 g/mol.